The molecule has 0 aliphatic carbocycles. The molecule has 6 nitrogen and oxygen atoms in total. The minimum atomic E-state index is -3.82. The van der Waals surface area contributed by atoms with Crippen LogP contribution in [0.5, 0.6) is 0 Å². The van der Waals surface area contributed by atoms with E-state index in [1.165, 1.54) is 16.4 Å². The van der Waals surface area contributed by atoms with Crippen molar-refractivity contribution in [2.45, 2.75) is 11.3 Å². The van der Waals surface area contributed by atoms with Crippen molar-refractivity contribution in [1.29, 1.82) is 0 Å². The van der Waals surface area contributed by atoms with E-state index in [1.54, 1.807) is 36.4 Å². The molecule has 0 unspecified atom stereocenters. The lowest BCUT2D eigenvalue weighted by molar-refractivity contribution is -0.115. The fourth-order valence-corrected chi connectivity index (χ4v) is 4.07. The van der Waals surface area contributed by atoms with E-state index in [-0.39, 0.29) is 30.4 Å². The molecule has 0 bridgehead atoms. The second-order valence-corrected chi connectivity index (χ2v) is 7.04. The average molecular weight is 332 g/mol. The van der Waals surface area contributed by atoms with E-state index in [2.05, 4.69) is 5.32 Å². The molecule has 1 heterocycles. The minimum absolute atomic E-state index is 0.0411. The van der Waals surface area contributed by atoms with Gasteiger partial charge in [-0.2, -0.15) is 0 Å². The first-order valence-corrected chi connectivity index (χ1v) is 8.58. The summed E-state index contributed by atoms with van der Waals surface area (Å²) in [6, 6.07) is 13.2. The maximum Gasteiger partial charge on any atom is 0.264 e. The number of amides is 1. The second kappa shape index (κ2) is 6.02. The molecule has 0 atom stereocenters. The highest BCUT2D eigenvalue weighted by molar-refractivity contribution is 7.92. The third-order valence-electron chi connectivity index (χ3n) is 3.64. The number of fused-ring (bicyclic) bond motifs is 1. The van der Waals surface area contributed by atoms with Gasteiger partial charge in [0.25, 0.3) is 10.0 Å². The first-order valence-electron chi connectivity index (χ1n) is 7.14. The summed E-state index contributed by atoms with van der Waals surface area (Å²) in [5, 5.41) is 11.9. The van der Waals surface area contributed by atoms with E-state index in [0.717, 1.165) is 0 Å². The molecular weight excluding hydrogens is 316 g/mol. The Bertz CT molecular complexity index is 834. The van der Waals surface area contributed by atoms with Crippen LogP contribution in [0.3, 0.4) is 0 Å². The number of para-hydroxylation sites is 1. The molecular formula is C16H16N2O4S. The summed E-state index contributed by atoms with van der Waals surface area (Å²) >= 11 is 0. The first-order chi connectivity index (χ1) is 11.0. The maximum atomic E-state index is 12.9. The Balaban J connectivity index is 2.02. The molecule has 120 valence electrons. The number of nitrogens with zero attached hydrogens (tertiary/aromatic N) is 1. The van der Waals surface area contributed by atoms with Gasteiger partial charge in [0.1, 0.15) is 0 Å². The SMILES string of the molecule is O=C1Cc2cc(S(=O)(=O)N(CCO)c3ccccc3)ccc2N1. The van der Waals surface area contributed by atoms with Crippen molar-refractivity contribution < 1.29 is 18.3 Å². The van der Waals surface area contributed by atoms with E-state index < -0.39 is 10.0 Å². The highest BCUT2D eigenvalue weighted by atomic mass is 32.2. The molecule has 0 fully saturated rings. The van der Waals surface area contributed by atoms with Crippen LogP contribution in [0.4, 0.5) is 11.4 Å². The zero-order valence-electron chi connectivity index (χ0n) is 12.3. The molecule has 0 saturated heterocycles. The van der Waals surface area contributed by atoms with Crippen LogP contribution in [0.1, 0.15) is 5.56 Å². The van der Waals surface area contributed by atoms with Crippen molar-refractivity contribution in [1.82, 2.24) is 0 Å². The summed E-state index contributed by atoms with van der Waals surface area (Å²) in [5.74, 6) is -0.148. The van der Waals surface area contributed by atoms with Crippen molar-refractivity contribution >= 4 is 27.3 Å². The highest BCUT2D eigenvalue weighted by Gasteiger charge is 2.27. The fraction of sp³-hybridized carbons (Fsp3) is 0.188. The van der Waals surface area contributed by atoms with Crippen molar-refractivity contribution in [3.8, 4) is 0 Å². The lowest BCUT2D eigenvalue weighted by atomic mass is 10.2. The number of benzene rings is 2. The maximum absolute atomic E-state index is 12.9. The van der Waals surface area contributed by atoms with Crippen LogP contribution >= 0.6 is 0 Å². The summed E-state index contributed by atoms with van der Waals surface area (Å²) in [7, 11) is -3.82. The van der Waals surface area contributed by atoms with E-state index in [0.29, 0.717) is 16.9 Å². The number of hydrogen-bond donors (Lipinski definition) is 2. The van der Waals surface area contributed by atoms with Crippen molar-refractivity contribution in [2.24, 2.45) is 0 Å². The van der Waals surface area contributed by atoms with Gasteiger partial charge in [0.15, 0.2) is 0 Å². The number of carbonyl (C=O) groups is 1. The number of rotatable bonds is 5. The smallest absolute Gasteiger partial charge is 0.264 e. The molecule has 23 heavy (non-hydrogen) atoms. The summed E-state index contributed by atoms with van der Waals surface area (Å²) < 4.78 is 27.0. The van der Waals surface area contributed by atoms with Crippen LogP contribution in [0.2, 0.25) is 0 Å². The average Bonchev–Trinajstić information content (AvgIpc) is 2.92. The molecule has 0 spiro atoms. The number of anilines is 2. The minimum Gasteiger partial charge on any atom is -0.394 e. The predicted octanol–water partition coefficient (Wildman–Crippen LogP) is 1.37. The van der Waals surface area contributed by atoms with Crippen LogP contribution in [0.25, 0.3) is 0 Å². The number of nitrogens with one attached hydrogen (secondary N) is 1. The number of hydrogen-bond acceptors (Lipinski definition) is 4. The van der Waals surface area contributed by atoms with E-state index in [4.69, 9.17) is 0 Å². The third kappa shape index (κ3) is 2.93. The lowest BCUT2D eigenvalue weighted by Gasteiger charge is -2.24. The van der Waals surface area contributed by atoms with Crippen molar-refractivity contribution in [2.75, 3.05) is 22.8 Å². The van der Waals surface area contributed by atoms with E-state index in [9.17, 15) is 18.3 Å². The molecule has 2 aromatic carbocycles. The Hall–Kier alpha value is -2.38. The number of aliphatic hydroxyl groups is 1. The van der Waals surface area contributed by atoms with Gasteiger partial charge in [0.2, 0.25) is 5.91 Å². The number of carbonyl (C=O) groups excluding carboxylic acids is 1. The summed E-state index contributed by atoms with van der Waals surface area (Å²) in [6.07, 6.45) is 0.171. The molecule has 3 rings (SSSR count). The Morgan fingerprint density at radius 2 is 1.87 bits per heavy atom. The molecule has 0 radical (unpaired) electrons. The number of sulfonamides is 1. The van der Waals surface area contributed by atoms with Gasteiger partial charge >= 0.3 is 0 Å². The Kier molecular flexibility index (Phi) is 4.06. The highest BCUT2D eigenvalue weighted by Crippen LogP contribution is 2.29. The first kappa shape index (κ1) is 15.5. The van der Waals surface area contributed by atoms with Crippen LogP contribution in [-0.4, -0.2) is 32.6 Å². The van der Waals surface area contributed by atoms with Gasteiger partial charge in [-0.3, -0.25) is 9.10 Å². The van der Waals surface area contributed by atoms with Gasteiger partial charge in [-0.1, -0.05) is 18.2 Å². The van der Waals surface area contributed by atoms with E-state index >= 15 is 0 Å². The van der Waals surface area contributed by atoms with Crippen LogP contribution in [-0.2, 0) is 21.2 Å². The summed E-state index contributed by atoms with van der Waals surface area (Å²) in [4.78, 5) is 11.5. The Labute approximate surface area is 134 Å². The third-order valence-corrected chi connectivity index (χ3v) is 5.46. The lowest BCUT2D eigenvalue weighted by Crippen LogP contribution is -2.33. The second-order valence-electron chi connectivity index (χ2n) is 5.18. The molecule has 0 saturated carbocycles. The van der Waals surface area contributed by atoms with Crippen molar-refractivity contribution in [3.05, 3.63) is 54.1 Å². The van der Waals surface area contributed by atoms with Gasteiger partial charge in [-0.25, -0.2) is 8.42 Å². The molecule has 2 aromatic rings. The number of aliphatic hydroxyl groups excluding tert-OH is 1. The van der Waals surface area contributed by atoms with Gasteiger partial charge in [0.05, 0.1) is 30.2 Å². The summed E-state index contributed by atoms with van der Waals surface area (Å²) in [6.45, 7) is -0.334. The molecule has 1 amide bonds. The molecule has 1 aliphatic heterocycles. The van der Waals surface area contributed by atoms with Gasteiger partial charge < -0.3 is 10.4 Å². The fourth-order valence-electron chi connectivity index (χ4n) is 2.57. The van der Waals surface area contributed by atoms with Crippen LogP contribution in [0, 0.1) is 0 Å². The van der Waals surface area contributed by atoms with Gasteiger partial charge in [-0.05, 0) is 35.9 Å². The predicted molar refractivity (Wildman–Crippen MR) is 86.8 cm³/mol. The zero-order chi connectivity index (χ0) is 16.4. The normalized spacial score (nSPS) is 13.5. The van der Waals surface area contributed by atoms with Gasteiger partial charge in [-0.15, -0.1) is 0 Å². The molecule has 1 aliphatic rings. The largest absolute Gasteiger partial charge is 0.394 e. The van der Waals surface area contributed by atoms with Crippen LogP contribution in [0.15, 0.2) is 53.4 Å². The Morgan fingerprint density at radius 1 is 1.13 bits per heavy atom. The van der Waals surface area contributed by atoms with Crippen molar-refractivity contribution in [3.63, 3.8) is 0 Å². The standard InChI is InChI=1S/C16H16N2O4S/c19-9-8-18(13-4-2-1-3-5-13)23(21,22)14-6-7-15-12(10-14)11-16(20)17-15/h1-7,10,19H,8-9,11H2,(H,17,20). The zero-order valence-corrected chi connectivity index (χ0v) is 13.1. The Morgan fingerprint density at radius 3 is 2.57 bits per heavy atom. The van der Waals surface area contributed by atoms with E-state index in [1.807, 2.05) is 0 Å². The monoisotopic (exact) mass is 332 g/mol. The molecule has 0 aromatic heterocycles. The molecule has 7 heteroatoms. The topological polar surface area (TPSA) is 86.7 Å². The summed E-state index contributed by atoms with van der Waals surface area (Å²) in [5.41, 5.74) is 1.78. The quantitative estimate of drug-likeness (QED) is 0.866. The van der Waals surface area contributed by atoms with Gasteiger partial charge in [0, 0.05) is 5.69 Å². The molecule has 2 N–H and O–H groups in total. The van der Waals surface area contributed by atoms with Crippen LogP contribution < -0.4 is 9.62 Å².